The summed E-state index contributed by atoms with van der Waals surface area (Å²) in [6.07, 6.45) is -4.44. The van der Waals surface area contributed by atoms with E-state index in [9.17, 15) is 18.0 Å². The van der Waals surface area contributed by atoms with Crippen LogP contribution in [0.2, 0.25) is 0 Å². The van der Waals surface area contributed by atoms with Gasteiger partial charge in [0.25, 0.3) is 5.91 Å². The quantitative estimate of drug-likeness (QED) is 0.859. The smallest absolute Gasteiger partial charge is 0.387 e. The minimum atomic E-state index is -4.44. The van der Waals surface area contributed by atoms with Crippen LogP contribution in [0.25, 0.3) is 0 Å². The molecule has 1 aromatic rings. The topological polar surface area (TPSA) is 41.1 Å². The summed E-state index contributed by atoms with van der Waals surface area (Å²) in [6, 6.07) is 4.49. The van der Waals surface area contributed by atoms with E-state index in [0.717, 1.165) is 6.92 Å². The van der Waals surface area contributed by atoms with Gasteiger partial charge in [0.05, 0.1) is 5.56 Å². The number of carbonyl (C=O) groups excluding carboxylic acids is 1. The van der Waals surface area contributed by atoms with E-state index in [4.69, 9.17) is 0 Å². The molecule has 0 saturated carbocycles. The summed E-state index contributed by atoms with van der Waals surface area (Å²) in [5, 5.41) is 4.65. The number of carbonyl (C=O) groups is 1. The van der Waals surface area contributed by atoms with E-state index in [-0.39, 0.29) is 5.56 Å². The minimum Gasteiger partial charge on any atom is -0.387 e. The first-order valence-corrected chi connectivity index (χ1v) is 5.00. The molecule has 0 spiro atoms. The van der Waals surface area contributed by atoms with E-state index < -0.39 is 18.1 Å². The monoisotopic (exact) mass is 246 g/mol. The molecule has 1 rings (SSSR count). The van der Waals surface area contributed by atoms with Crippen LogP contribution in [0.5, 0.6) is 0 Å². The number of hydrogen-bond acceptors (Lipinski definition) is 2. The minimum absolute atomic E-state index is 0.186. The van der Waals surface area contributed by atoms with Crippen LogP contribution in [0.1, 0.15) is 17.3 Å². The maximum Gasteiger partial charge on any atom is 0.408 e. The molecular weight excluding hydrogens is 233 g/mol. The summed E-state index contributed by atoms with van der Waals surface area (Å²) in [5.41, 5.74) is 0.672. The van der Waals surface area contributed by atoms with Crippen LogP contribution in [-0.4, -0.2) is 25.2 Å². The number of rotatable bonds is 3. The van der Waals surface area contributed by atoms with Gasteiger partial charge in [-0.05, 0) is 19.1 Å². The Balaban J connectivity index is 2.84. The molecular formula is C11H13F3N2O. The summed E-state index contributed by atoms with van der Waals surface area (Å²) >= 11 is 0. The highest BCUT2D eigenvalue weighted by molar-refractivity contribution is 5.99. The van der Waals surface area contributed by atoms with Gasteiger partial charge in [-0.25, -0.2) is 0 Å². The van der Waals surface area contributed by atoms with Crippen molar-refractivity contribution in [2.45, 2.75) is 19.1 Å². The summed E-state index contributed by atoms with van der Waals surface area (Å²) in [4.78, 5) is 11.6. The second kappa shape index (κ2) is 5.07. The van der Waals surface area contributed by atoms with E-state index >= 15 is 0 Å². The number of anilines is 1. The van der Waals surface area contributed by atoms with Crippen molar-refractivity contribution in [2.24, 2.45) is 0 Å². The normalized spacial score (nSPS) is 13.0. The molecule has 0 fully saturated rings. The summed E-state index contributed by atoms with van der Waals surface area (Å²) in [7, 11) is 1.60. The fourth-order valence-electron chi connectivity index (χ4n) is 1.26. The van der Waals surface area contributed by atoms with Crippen LogP contribution in [0.3, 0.4) is 0 Å². The molecule has 1 unspecified atom stereocenters. The maximum atomic E-state index is 12.3. The van der Waals surface area contributed by atoms with Gasteiger partial charge in [-0.3, -0.25) is 4.79 Å². The van der Waals surface area contributed by atoms with Crippen LogP contribution < -0.4 is 10.6 Å². The maximum absolute atomic E-state index is 12.3. The van der Waals surface area contributed by atoms with Crippen molar-refractivity contribution >= 4 is 11.6 Å². The van der Waals surface area contributed by atoms with Crippen LogP contribution in [-0.2, 0) is 0 Å². The first kappa shape index (κ1) is 13.3. The zero-order valence-electron chi connectivity index (χ0n) is 9.43. The predicted octanol–water partition coefficient (Wildman–Crippen LogP) is 2.41. The average Bonchev–Trinajstić information content (AvgIpc) is 2.27. The van der Waals surface area contributed by atoms with Gasteiger partial charge in [0.1, 0.15) is 6.04 Å². The Morgan fingerprint density at radius 2 is 1.88 bits per heavy atom. The molecule has 3 nitrogen and oxygen atoms in total. The number of alkyl halides is 3. The van der Waals surface area contributed by atoms with Gasteiger partial charge in [-0.2, -0.15) is 13.2 Å². The van der Waals surface area contributed by atoms with Crippen molar-refractivity contribution < 1.29 is 18.0 Å². The largest absolute Gasteiger partial charge is 0.408 e. The second-order valence-electron chi connectivity index (χ2n) is 3.53. The molecule has 0 aliphatic heterocycles. The Hall–Kier alpha value is -1.72. The SMILES string of the molecule is CNc1ccccc1C(=O)NC(C)C(F)(F)F. The number of para-hydroxylation sites is 1. The van der Waals surface area contributed by atoms with Crippen LogP contribution >= 0.6 is 0 Å². The van der Waals surface area contributed by atoms with Gasteiger partial charge in [-0.15, -0.1) is 0 Å². The van der Waals surface area contributed by atoms with E-state index in [2.05, 4.69) is 5.32 Å². The van der Waals surface area contributed by atoms with Crippen molar-refractivity contribution in [1.82, 2.24) is 5.32 Å². The zero-order chi connectivity index (χ0) is 13.1. The lowest BCUT2D eigenvalue weighted by Gasteiger charge is -2.18. The number of hydrogen-bond donors (Lipinski definition) is 2. The Labute approximate surface area is 97.0 Å². The fourth-order valence-corrected chi connectivity index (χ4v) is 1.26. The van der Waals surface area contributed by atoms with E-state index in [1.807, 2.05) is 5.32 Å². The fraction of sp³-hybridized carbons (Fsp3) is 0.364. The van der Waals surface area contributed by atoms with Gasteiger partial charge in [0.2, 0.25) is 0 Å². The van der Waals surface area contributed by atoms with Crippen molar-refractivity contribution in [3.8, 4) is 0 Å². The molecule has 0 aliphatic rings. The Bertz CT molecular complexity index is 404. The summed E-state index contributed by atoms with van der Waals surface area (Å²) < 4.78 is 36.8. The molecule has 94 valence electrons. The van der Waals surface area contributed by atoms with Gasteiger partial charge in [0.15, 0.2) is 0 Å². The highest BCUT2D eigenvalue weighted by atomic mass is 19.4. The molecule has 1 atom stereocenters. The van der Waals surface area contributed by atoms with Crippen LogP contribution in [0, 0.1) is 0 Å². The van der Waals surface area contributed by atoms with Crippen molar-refractivity contribution in [3.05, 3.63) is 29.8 Å². The molecule has 6 heteroatoms. The lowest BCUT2D eigenvalue weighted by Crippen LogP contribution is -2.43. The second-order valence-corrected chi connectivity index (χ2v) is 3.53. The lowest BCUT2D eigenvalue weighted by atomic mass is 10.1. The Morgan fingerprint density at radius 1 is 1.29 bits per heavy atom. The highest BCUT2D eigenvalue weighted by Crippen LogP contribution is 2.21. The molecule has 1 amide bonds. The highest BCUT2D eigenvalue weighted by Gasteiger charge is 2.37. The summed E-state index contributed by atoms with van der Waals surface area (Å²) in [6.45, 7) is 0.903. The van der Waals surface area contributed by atoms with E-state index in [1.165, 1.54) is 6.07 Å². The lowest BCUT2D eigenvalue weighted by molar-refractivity contribution is -0.149. The van der Waals surface area contributed by atoms with Crippen molar-refractivity contribution in [1.29, 1.82) is 0 Å². The van der Waals surface area contributed by atoms with Gasteiger partial charge in [0, 0.05) is 12.7 Å². The van der Waals surface area contributed by atoms with Crippen molar-refractivity contribution in [3.63, 3.8) is 0 Å². The number of benzene rings is 1. The molecule has 2 N–H and O–H groups in total. The molecule has 0 radical (unpaired) electrons. The van der Waals surface area contributed by atoms with Crippen LogP contribution in [0.15, 0.2) is 24.3 Å². The molecule has 0 aliphatic carbocycles. The first-order valence-electron chi connectivity index (χ1n) is 5.00. The van der Waals surface area contributed by atoms with E-state index in [1.54, 1.807) is 25.2 Å². The molecule has 0 aromatic heterocycles. The first-order chi connectivity index (χ1) is 7.86. The Morgan fingerprint density at radius 3 is 2.41 bits per heavy atom. The standard InChI is InChI=1S/C11H13F3N2O/c1-7(11(12,13)14)16-10(17)8-5-3-4-6-9(8)15-2/h3-7,15H,1-2H3,(H,16,17). The third-order valence-corrected chi connectivity index (χ3v) is 2.28. The third-order valence-electron chi connectivity index (χ3n) is 2.28. The molecule has 0 saturated heterocycles. The van der Waals surface area contributed by atoms with Gasteiger partial charge < -0.3 is 10.6 Å². The molecule has 0 heterocycles. The molecule has 1 aromatic carbocycles. The van der Waals surface area contributed by atoms with Gasteiger partial charge >= 0.3 is 6.18 Å². The zero-order valence-corrected chi connectivity index (χ0v) is 9.43. The van der Waals surface area contributed by atoms with E-state index in [0.29, 0.717) is 5.69 Å². The number of nitrogens with one attached hydrogen (secondary N) is 2. The number of amides is 1. The summed E-state index contributed by atoms with van der Waals surface area (Å²) in [5.74, 6) is -0.750. The molecule has 17 heavy (non-hydrogen) atoms. The Kier molecular flexibility index (Phi) is 3.98. The van der Waals surface area contributed by atoms with Crippen LogP contribution in [0.4, 0.5) is 18.9 Å². The molecule has 0 bridgehead atoms. The third kappa shape index (κ3) is 3.37. The number of halogens is 3. The van der Waals surface area contributed by atoms with Crippen molar-refractivity contribution in [2.75, 3.05) is 12.4 Å². The predicted molar refractivity (Wildman–Crippen MR) is 59.0 cm³/mol. The average molecular weight is 246 g/mol. The van der Waals surface area contributed by atoms with Gasteiger partial charge in [-0.1, -0.05) is 12.1 Å².